The number of allylic oxidation sites excluding steroid dienone is 8. The topological polar surface area (TPSA) is 60.2 Å². The zero-order valence-electron chi connectivity index (χ0n) is 14.8. The van der Waals surface area contributed by atoms with Crippen LogP contribution >= 0.6 is 0 Å². The number of unbranched alkanes of at least 4 members (excludes halogenated alkanes) is 4. The Bertz CT molecular complexity index is 448. The van der Waals surface area contributed by atoms with Crippen molar-refractivity contribution in [2.75, 3.05) is 0 Å². The number of nitro groups is 1. The van der Waals surface area contributed by atoms with Crippen LogP contribution in [-0.4, -0.2) is 11.2 Å². The molecule has 0 saturated carbocycles. The summed E-state index contributed by atoms with van der Waals surface area (Å²) in [6.07, 6.45) is 24.1. The third-order valence-corrected chi connectivity index (χ3v) is 3.45. The van der Waals surface area contributed by atoms with Gasteiger partial charge in [0.1, 0.15) is 0 Å². The normalized spacial score (nSPS) is 12.6. The van der Waals surface area contributed by atoms with E-state index in [4.69, 9.17) is 0 Å². The molecule has 0 unspecified atom stereocenters. The predicted octanol–water partition coefficient (Wildman–Crippen LogP) is 5.85. The van der Waals surface area contributed by atoms with Gasteiger partial charge < -0.3 is 0 Å². The molecule has 0 amide bonds. The first-order valence-corrected chi connectivity index (χ1v) is 8.85. The predicted molar refractivity (Wildman–Crippen MR) is 100 cm³/mol. The van der Waals surface area contributed by atoms with E-state index < -0.39 is 0 Å². The lowest BCUT2D eigenvalue weighted by molar-refractivity contribution is -0.428. The maximum atomic E-state index is 10.9. The molecule has 0 aromatic carbocycles. The van der Waals surface area contributed by atoms with Gasteiger partial charge >= 0.3 is 0 Å². The van der Waals surface area contributed by atoms with Gasteiger partial charge in [0.05, 0.1) is 4.92 Å². The zero-order chi connectivity index (χ0) is 17.9. The summed E-state index contributed by atoms with van der Waals surface area (Å²) in [7, 11) is 0. The van der Waals surface area contributed by atoms with Crippen molar-refractivity contribution in [1.29, 1.82) is 0 Å². The van der Waals surface area contributed by atoms with E-state index in [9.17, 15) is 14.9 Å². The molecule has 0 N–H and O–H groups in total. The van der Waals surface area contributed by atoms with E-state index in [1.807, 2.05) is 18.4 Å². The lowest BCUT2D eigenvalue weighted by Gasteiger charge is -1.97. The summed E-state index contributed by atoms with van der Waals surface area (Å²) < 4.78 is 0. The van der Waals surface area contributed by atoms with Crippen LogP contribution in [0.2, 0.25) is 0 Å². The second-order valence-corrected chi connectivity index (χ2v) is 5.57. The van der Waals surface area contributed by atoms with E-state index in [1.54, 1.807) is 6.08 Å². The summed E-state index contributed by atoms with van der Waals surface area (Å²) in [5.41, 5.74) is 0.334. The molecule has 0 aromatic rings. The molecule has 0 aliphatic rings. The second kappa shape index (κ2) is 17.4. The molecule has 4 heteroatoms. The fraction of sp³-hybridized carbons (Fsp3) is 0.550. The van der Waals surface area contributed by atoms with E-state index in [-0.39, 0.29) is 4.92 Å². The molecule has 0 aromatic heterocycles. The Morgan fingerprint density at radius 3 is 2.17 bits per heavy atom. The van der Waals surface area contributed by atoms with E-state index in [2.05, 4.69) is 31.2 Å². The van der Waals surface area contributed by atoms with Gasteiger partial charge in [0, 0.05) is 12.8 Å². The first-order valence-electron chi connectivity index (χ1n) is 8.85. The van der Waals surface area contributed by atoms with Crippen LogP contribution in [0.5, 0.6) is 0 Å². The molecule has 0 aliphatic heterocycles. The van der Waals surface area contributed by atoms with Crippen molar-refractivity contribution in [3.8, 4) is 0 Å². The Morgan fingerprint density at radius 2 is 1.58 bits per heavy atom. The zero-order valence-corrected chi connectivity index (χ0v) is 14.8. The molecule has 1 radical (unpaired) electrons. The van der Waals surface area contributed by atoms with E-state index >= 15 is 0 Å². The smallest absolute Gasteiger partial charge is 0.242 e. The lowest BCUT2D eigenvalue weighted by atomic mass is 10.1. The number of carbonyl (C=O) groups excluding carboxylic acids is 1. The molecule has 0 fully saturated rings. The summed E-state index contributed by atoms with van der Waals surface area (Å²) in [6.45, 7) is 2.09. The van der Waals surface area contributed by atoms with Crippen LogP contribution < -0.4 is 0 Å². The summed E-state index contributed by atoms with van der Waals surface area (Å²) in [5.74, 6) is 0. The largest absolute Gasteiger partial charge is 0.291 e. The van der Waals surface area contributed by atoms with Crippen LogP contribution in [-0.2, 0) is 4.79 Å². The third kappa shape index (κ3) is 14.9. The average molecular weight is 332 g/mol. The van der Waals surface area contributed by atoms with Gasteiger partial charge in [-0.15, -0.1) is 0 Å². The number of rotatable bonds is 15. The summed E-state index contributed by atoms with van der Waals surface area (Å²) in [5, 5.41) is 10.9. The number of nitrogens with zero attached hydrogens (tertiary/aromatic N) is 1. The van der Waals surface area contributed by atoms with Crippen LogP contribution in [0.4, 0.5) is 0 Å². The fourth-order valence-electron chi connectivity index (χ4n) is 2.08. The molecule has 24 heavy (non-hydrogen) atoms. The number of hydrogen-bond acceptors (Lipinski definition) is 3. The lowest BCUT2D eigenvalue weighted by Crippen LogP contribution is -1.98. The van der Waals surface area contributed by atoms with Crippen LogP contribution in [0.25, 0.3) is 0 Å². The molecule has 0 atom stereocenters. The van der Waals surface area contributed by atoms with E-state index in [0.29, 0.717) is 25.0 Å². The third-order valence-electron chi connectivity index (χ3n) is 3.45. The van der Waals surface area contributed by atoms with Crippen molar-refractivity contribution in [1.82, 2.24) is 0 Å². The van der Waals surface area contributed by atoms with Crippen molar-refractivity contribution < 1.29 is 9.72 Å². The second-order valence-electron chi connectivity index (χ2n) is 5.57. The summed E-state index contributed by atoms with van der Waals surface area (Å²) in [4.78, 5) is 20.7. The molecule has 133 valence electrons. The van der Waals surface area contributed by atoms with Crippen molar-refractivity contribution >= 4 is 6.29 Å². The standard InChI is InChI=1S/C20H30NO3/c1-2-3-14-17-20(21(23)24)18-15-12-10-8-6-4-5-7-9-11-13-16-19-22/h4,6-7,9-10,12,18H,2-3,5,8,11,13-17H2,1H3/b6-4-,9-7-,12-10-,20-18+. The van der Waals surface area contributed by atoms with Crippen LogP contribution in [0.15, 0.2) is 48.2 Å². The van der Waals surface area contributed by atoms with Gasteiger partial charge in [-0.25, -0.2) is 0 Å². The van der Waals surface area contributed by atoms with Gasteiger partial charge in [0.25, 0.3) is 0 Å². The van der Waals surface area contributed by atoms with Gasteiger partial charge in [0.2, 0.25) is 5.70 Å². The minimum absolute atomic E-state index is 0.261. The van der Waals surface area contributed by atoms with Crippen molar-refractivity contribution in [3.63, 3.8) is 0 Å². The molecule has 0 aliphatic carbocycles. The molecular formula is C20H30NO3. The van der Waals surface area contributed by atoms with E-state index in [0.717, 1.165) is 44.9 Å². The van der Waals surface area contributed by atoms with Crippen LogP contribution in [0.1, 0.15) is 71.1 Å². The fourth-order valence-corrected chi connectivity index (χ4v) is 2.08. The van der Waals surface area contributed by atoms with Crippen molar-refractivity contribution in [2.24, 2.45) is 0 Å². The molecule has 0 rings (SSSR count). The molecular weight excluding hydrogens is 302 g/mol. The molecule has 0 saturated heterocycles. The average Bonchev–Trinajstić information content (AvgIpc) is 2.57. The molecule has 4 nitrogen and oxygen atoms in total. The Morgan fingerprint density at radius 1 is 0.958 bits per heavy atom. The Labute approximate surface area is 146 Å². The van der Waals surface area contributed by atoms with Gasteiger partial charge in [-0.2, -0.15) is 0 Å². The summed E-state index contributed by atoms with van der Waals surface area (Å²) >= 11 is 0. The van der Waals surface area contributed by atoms with Crippen LogP contribution in [0, 0.1) is 10.1 Å². The highest BCUT2D eigenvalue weighted by atomic mass is 16.6. The molecule has 0 bridgehead atoms. The van der Waals surface area contributed by atoms with Crippen LogP contribution in [0.3, 0.4) is 0 Å². The highest BCUT2D eigenvalue weighted by Crippen LogP contribution is 2.10. The SMILES string of the molecule is CCCCC/C(=C\C/C=C\C/C=C\C/C=C\CCC[C]=O)[N+](=O)[O-]. The van der Waals surface area contributed by atoms with E-state index in [1.165, 1.54) is 0 Å². The first kappa shape index (κ1) is 22.0. The minimum Gasteiger partial charge on any atom is -0.291 e. The molecule has 0 heterocycles. The van der Waals surface area contributed by atoms with Gasteiger partial charge in [-0.1, -0.05) is 56.2 Å². The highest BCUT2D eigenvalue weighted by molar-refractivity contribution is 5.50. The first-order chi connectivity index (χ1) is 11.7. The van der Waals surface area contributed by atoms with Gasteiger partial charge in [-0.05, 0) is 44.6 Å². The molecule has 0 spiro atoms. The maximum Gasteiger partial charge on any atom is 0.242 e. The highest BCUT2D eigenvalue weighted by Gasteiger charge is 2.08. The monoisotopic (exact) mass is 332 g/mol. The van der Waals surface area contributed by atoms with Crippen molar-refractivity contribution in [2.45, 2.75) is 71.1 Å². The number of hydrogen-bond donors (Lipinski definition) is 0. The Hall–Kier alpha value is -1.97. The quantitative estimate of drug-likeness (QED) is 0.164. The summed E-state index contributed by atoms with van der Waals surface area (Å²) in [6, 6.07) is 0. The Kier molecular flexibility index (Phi) is 16.0. The maximum absolute atomic E-state index is 10.9. The minimum atomic E-state index is -0.261. The Balaban J connectivity index is 3.85. The van der Waals surface area contributed by atoms with Gasteiger partial charge in [-0.3, -0.25) is 14.9 Å². The van der Waals surface area contributed by atoms with Gasteiger partial charge in [0.15, 0.2) is 6.29 Å². The van der Waals surface area contributed by atoms with Crippen molar-refractivity contribution in [3.05, 3.63) is 58.3 Å².